The van der Waals surface area contributed by atoms with Gasteiger partial charge in [-0.05, 0) is 41.7 Å². The third kappa shape index (κ3) is 6.86. The van der Waals surface area contributed by atoms with Crippen molar-refractivity contribution >= 4 is 5.69 Å². The van der Waals surface area contributed by atoms with Crippen molar-refractivity contribution in [2.45, 2.75) is 84.0 Å². The predicted octanol–water partition coefficient (Wildman–Crippen LogP) is 7.49. The van der Waals surface area contributed by atoms with Crippen LogP contribution in [0.25, 0.3) is 0 Å². The number of hydrogen-bond donors (Lipinski definition) is 1. The van der Waals surface area contributed by atoms with Crippen LogP contribution in [0, 0.1) is 0 Å². The molecule has 0 heterocycles. The van der Waals surface area contributed by atoms with Crippen LogP contribution in [0.5, 0.6) is 0 Å². The minimum Gasteiger partial charge on any atom is -0.399 e. The Kier molecular flexibility index (Phi) is 9.31. The lowest BCUT2D eigenvalue weighted by molar-refractivity contribution is 0.551. The molecule has 0 amide bonds. The fourth-order valence-corrected chi connectivity index (χ4v) is 3.72. The Bertz CT molecular complexity index is 597. The summed E-state index contributed by atoms with van der Waals surface area (Å²) in [5, 5.41) is 0. The summed E-state index contributed by atoms with van der Waals surface area (Å²) >= 11 is 0. The van der Waals surface area contributed by atoms with E-state index in [1.807, 2.05) is 12.1 Å². The quantitative estimate of drug-likeness (QED) is 0.311. The Balaban J connectivity index is 1.92. The molecule has 2 aromatic rings. The molecule has 2 aromatic carbocycles. The highest BCUT2D eigenvalue weighted by molar-refractivity contribution is 5.43. The van der Waals surface area contributed by atoms with Gasteiger partial charge in [0, 0.05) is 11.6 Å². The Morgan fingerprint density at radius 1 is 0.654 bits per heavy atom. The molecular formula is C25H37N. The molecule has 142 valence electrons. The standard InChI is InChI=1S/C25H37N/c1-3-5-6-7-8-9-10-11-12-25(23-17-19-24(26)20-18-23)22-15-13-21(4-2)14-16-22/h13-20,25H,3-12,26H2,1-2H3. The van der Waals surface area contributed by atoms with E-state index in [0.29, 0.717) is 5.92 Å². The second kappa shape index (κ2) is 11.8. The van der Waals surface area contributed by atoms with E-state index in [0.717, 1.165) is 12.1 Å². The van der Waals surface area contributed by atoms with Crippen molar-refractivity contribution in [3.05, 3.63) is 65.2 Å². The first-order valence-electron chi connectivity index (χ1n) is 10.7. The van der Waals surface area contributed by atoms with Gasteiger partial charge in [-0.25, -0.2) is 0 Å². The molecule has 1 nitrogen and oxygen atoms in total. The summed E-state index contributed by atoms with van der Waals surface area (Å²) in [4.78, 5) is 0. The molecule has 0 bridgehead atoms. The Morgan fingerprint density at radius 3 is 1.69 bits per heavy atom. The van der Waals surface area contributed by atoms with Crippen LogP contribution in [0.4, 0.5) is 5.69 Å². The molecule has 0 spiro atoms. The summed E-state index contributed by atoms with van der Waals surface area (Å²) < 4.78 is 0. The van der Waals surface area contributed by atoms with Gasteiger partial charge in [0.1, 0.15) is 0 Å². The number of hydrogen-bond acceptors (Lipinski definition) is 1. The van der Waals surface area contributed by atoms with Crippen molar-refractivity contribution in [3.63, 3.8) is 0 Å². The van der Waals surface area contributed by atoms with Gasteiger partial charge in [0.15, 0.2) is 0 Å². The SMILES string of the molecule is CCCCCCCCCCC(c1ccc(N)cc1)c1ccc(CC)cc1. The van der Waals surface area contributed by atoms with Crippen LogP contribution in [-0.2, 0) is 6.42 Å². The second-order valence-electron chi connectivity index (χ2n) is 7.58. The minimum atomic E-state index is 0.488. The number of nitrogen functional groups attached to an aromatic ring is 1. The molecule has 0 saturated carbocycles. The van der Waals surface area contributed by atoms with E-state index in [2.05, 4.69) is 50.2 Å². The van der Waals surface area contributed by atoms with Gasteiger partial charge < -0.3 is 5.73 Å². The maximum absolute atomic E-state index is 5.89. The van der Waals surface area contributed by atoms with Crippen molar-refractivity contribution in [2.24, 2.45) is 0 Å². The smallest absolute Gasteiger partial charge is 0.0314 e. The van der Waals surface area contributed by atoms with Crippen molar-refractivity contribution in [3.8, 4) is 0 Å². The van der Waals surface area contributed by atoms with Crippen molar-refractivity contribution < 1.29 is 0 Å². The lowest BCUT2D eigenvalue weighted by Gasteiger charge is -2.19. The number of benzene rings is 2. The normalized spacial score (nSPS) is 12.2. The molecule has 1 atom stereocenters. The molecule has 2 rings (SSSR count). The molecule has 0 aliphatic heterocycles. The van der Waals surface area contributed by atoms with E-state index in [1.54, 1.807) is 0 Å². The summed E-state index contributed by atoms with van der Waals surface area (Å²) in [6.45, 7) is 4.50. The zero-order valence-electron chi connectivity index (χ0n) is 16.8. The van der Waals surface area contributed by atoms with Crippen LogP contribution in [0.3, 0.4) is 0 Å². The highest BCUT2D eigenvalue weighted by atomic mass is 14.5. The van der Waals surface area contributed by atoms with E-state index < -0.39 is 0 Å². The molecule has 0 aromatic heterocycles. The largest absolute Gasteiger partial charge is 0.399 e. The van der Waals surface area contributed by atoms with Crippen LogP contribution in [-0.4, -0.2) is 0 Å². The molecule has 0 aliphatic carbocycles. The summed E-state index contributed by atoms with van der Waals surface area (Å²) in [5.74, 6) is 0.488. The Labute approximate surface area is 161 Å². The van der Waals surface area contributed by atoms with Gasteiger partial charge in [-0.15, -0.1) is 0 Å². The van der Waals surface area contributed by atoms with Crippen molar-refractivity contribution in [1.82, 2.24) is 0 Å². The predicted molar refractivity (Wildman–Crippen MR) is 116 cm³/mol. The number of nitrogens with two attached hydrogens (primary N) is 1. The first-order chi connectivity index (χ1) is 12.7. The molecule has 2 N–H and O–H groups in total. The van der Waals surface area contributed by atoms with Crippen LogP contribution < -0.4 is 5.73 Å². The maximum Gasteiger partial charge on any atom is 0.0314 e. The molecule has 0 fully saturated rings. The van der Waals surface area contributed by atoms with E-state index in [9.17, 15) is 0 Å². The third-order valence-electron chi connectivity index (χ3n) is 5.48. The lowest BCUT2D eigenvalue weighted by Crippen LogP contribution is -2.02. The fourth-order valence-electron chi connectivity index (χ4n) is 3.72. The summed E-state index contributed by atoms with van der Waals surface area (Å²) in [6.07, 6.45) is 13.3. The number of unbranched alkanes of at least 4 members (excludes halogenated alkanes) is 7. The highest BCUT2D eigenvalue weighted by Gasteiger charge is 2.14. The van der Waals surface area contributed by atoms with Crippen molar-refractivity contribution in [2.75, 3.05) is 5.73 Å². The molecule has 0 radical (unpaired) electrons. The first kappa shape index (κ1) is 20.6. The number of aryl methyl sites for hydroxylation is 1. The lowest BCUT2D eigenvalue weighted by atomic mass is 9.86. The monoisotopic (exact) mass is 351 g/mol. The summed E-state index contributed by atoms with van der Waals surface area (Å²) in [5.41, 5.74) is 11.0. The molecule has 0 saturated heterocycles. The zero-order chi connectivity index (χ0) is 18.6. The van der Waals surface area contributed by atoms with Crippen LogP contribution >= 0.6 is 0 Å². The van der Waals surface area contributed by atoms with Crippen LogP contribution in [0.15, 0.2) is 48.5 Å². The Hall–Kier alpha value is -1.76. The zero-order valence-corrected chi connectivity index (χ0v) is 16.8. The molecule has 26 heavy (non-hydrogen) atoms. The number of anilines is 1. The minimum absolute atomic E-state index is 0.488. The van der Waals surface area contributed by atoms with Gasteiger partial charge in [-0.3, -0.25) is 0 Å². The molecular weight excluding hydrogens is 314 g/mol. The van der Waals surface area contributed by atoms with Crippen LogP contribution in [0.2, 0.25) is 0 Å². The summed E-state index contributed by atoms with van der Waals surface area (Å²) in [6, 6.07) is 17.7. The second-order valence-corrected chi connectivity index (χ2v) is 7.58. The maximum atomic E-state index is 5.89. The Morgan fingerprint density at radius 2 is 1.15 bits per heavy atom. The fraction of sp³-hybridized carbons (Fsp3) is 0.520. The first-order valence-corrected chi connectivity index (χ1v) is 10.7. The van der Waals surface area contributed by atoms with Crippen molar-refractivity contribution in [1.29, 1.82) is 0 Å². The van der Waals surface area contributed by atoms with E-state index in [1.165, 1.54) is 74.5 Å². The van der Waals surface area contributed by atoms with E-state index >= 15 is 0 Å². The van der Waals surface area contributed by atoms with E-state index in [4.69, 9.17) is 5.73 Å². The van der Waals surface area contributed by atoms with Gasteiger partial charge in [0.25, 0.3) is 0 Å². The molecule has 1 heteroatoms. The average molecular weight is 352 g/mol. The van der Waals surface area contributed by atoms with Gasteiger partial charge in [-0.1, -0.05) is 102 Å². The number of rotatable bonds is 12. The highest BCUT2D eigenvalue weighted by Crippen LogP contribution is 2.31. The molecule has 1 unspecified atom stereocenters. The van der Waals surface area contributed by atoms with Gasteiger partial charge in [-0.2, -0.15) is 0 Å². The topological polar surface area (TPSA) is 26.0 Å². The van der Waals surface area contributed by atoms with Crippen LogP contribution in [0.1, 0.15) is 94.2 Å². The summed E-state index contributed by atoms with van der Waals surface area (Å²) in [7, 11) is 0. The van der Waals surface area contributed by atoms with Gasteiger partial charge in [0.2, 0.25) is 0 Å². The molecule has 0 aliphatic rings. The van der Waals surface area contributed by atoms with Gasteiger partial charge >= 0.3 is 0 Å². The average Bonchev–Trinajstić information content (AvgIpc) is 2.68. The third-order valence-corrected chi connectivity index (χ3v) is 5.48. The van der Waals surface area contributed by atoms with E-state index in [-0.39, 0.29) is 0 Å². The van der Waals surface area contributed by atoms with Gasteiger partial charge in [0.05, 0.1) is 0 Å².